The van der Waals surface area contributed by atoms with Gasteiger partial charge in [-0.2, -0.15) is 0 Å². The van der Waals surface area contributed by atoms with Crippen LogP contribution in [0.4, 0.5) is 0 Å². The minimum Gasteiger partial charge on any atom is -0.309 e. The molecule has 0 spiro atoms. The van der Waals surface area contributed by atoms with Crippen molar-refractivity contribution in [3.63, 3.8) is 0 Å². The lowest BCUT2D eigenvalue weighted by atomic mass is 9.80. The van der Waals surface area contributed by atoms with Crippen LogP contribution in [0, 0.1) is 0 Å². The van der Waals surface area contributed by atoms with Crippen LogP contribution in [0.25, 0.3) is 81.6 Å². The molecule has 1 aliphatic rings. The molecular formula is C43H29N3S. The van der Waals surface area contributed by atoms with E-state index >= 15 is 0 Å². The van der Waals surface area contributed by atoms with E-state index < -0.39 is 0 Å². The van der Waals surface area contributed by atoms with Gasteiger partial charge < -0.3 is 4.57 Å². The zero-order valence-corrected chi connectivity index (χ0v) is 26.8. The Bertz CT molecular complexity index is 2710. The predicted molar refractivity (Wildman–Crippen MR) is 198 cm³/mol. The van der Waals surface area contributed by atoms with E-state index in [0.717, 1.165) is 38.5 Å². The molecule has 3 heterocycles. The number of hydrogen-bond acceptors (Lipinski definition) is 3. The minimum absolute atomic E-state index is 0.108. The molecule has 47 heavy (non-hydrogen) atoms. The van der Waals surface area contributed by atoms with Crippen molar-refractivity contribution in [2.24, 2.45) is 0 Å². The van der Waals surface area contributed by atoms with Crippen LogP contribution in [-0.4, -0.2) is 14.5 Å². The highest BCUT2D eigenvalue weighted by Crippen LogP contribution is 2.53. The van der Waals surface area contributed by atoms with Crippen molar-refractivity contribution in [3.05, 3.63) is 151 Å². The van der Waals surface area contributed by atoms with Crippen molar-refractivity contribution >= 4 is 53.4 Å². The molecule has 0 amide bonds. The summed E-state index contributed by atoms with van der Waals surface area (Å²) in [7, 11) is 0. The number of benzene rings is 6. The van der Waals surface area contributed by atoms with E-state index in [1.54, 1.807) is 11.3 Å². The minimum atomic E-state index is -0.108. The molecule has 0 saturated heterocycles. The van der Waals surface area contributed by atoms with Gasteiger partial charge in [0.15, 0.2) is 5.82 Å². The van der Waals surface area contributed by atoms with Crippen molar-refractivity contribution in [2.45, 2.75) is 19.3 Å². The van der Waals surface area contributed by atoms with Crippen molar-refractivity contribution < 1.29 is 0 Å². The SMILES string of the molecule is CC1(C)c2ccccc2-c2ccc3c(c21)c1ccccc1n3-c1cccc(-c2nc(-c3ccccc3)nc3sc4ccccc4c23)c1. The smallest absolute Gasteiger partial charge is 0.161 e. The van der Waals surface area contributed by atoms with Crippen LogP contribution >= 0.6 is 11.3 Å². The van der Waals surface area contributed by atoms with Crippen LogP contribution in [0.3, 0.4) is 0 Å². The quantitative estimate of drug-likeness (QED) is 0.197. The summed E-state index contributed by atoms with van der Waals surface area (Å²) in [5.41, 5.74) is 12.0. The number of rotatable bonds is 3. The molecule has 0 N–H and O–H groups in total. The highest BCUT2D eigenvalue weighted by Gasteiger charge is 2.38. The molecule has 6 aromatic carbocycles. The fourth-order valence-electron chi connectivity index (χ4n) is 7.95. The number of nitrogens with zero attached hydrogens (tertiary/aromatic N) is 3. The van der Waals surface area contributed by atoms with Gasteiger partial charge in [-0.05, 0) is 52.6 Å². The van der Waals surface area contributed by atoms with Crippen LogP contribution in [0.2, 0.25) is 0 Å². The molecule has 0 fully saturated rings. The third-order valence-electron chi connectivity index (χ3n) is 10.0. The Labute approximate surface area is 276 Å². The first kappa shape index (κ1) is 26.6. The Balaban J connectivity index is 1.25. The average Bonchev–Trinajstić information content (AvgIpc) is 3.74. The summed E-state index contributed by atoms with van der Waals surface area (Å²) in [5.74, 6) is 0.749. The van der Waals surface area contributed by atoms with E-state index in [2.05, 4.69) is 140 Å². The monoisotopic (exact) mass is 619 g/mol. The van der Waals surface area contributed by atoms with Crippen molar-refractivity contribution in [3.8, 4) is 39.5 Å². The molecule has 1 aliphatic carbocycles. The van der Waals surface area contributed by atoms with Gasteiger partial charge in [0, 0.05) is 48.5 Å². The molecule has 0 atom stereocenters. The molecule has 0 saturated carbocycles. The standard InChI is InChI=1S/C43H29N3S/c1-43(2)33-20-9-6-17-29(33)30-23-24-35-37(39(30)43)31-18-7-10-21-34(31)46(35)28-16-12-15-27(25-28)40-38-32-19-8-11-22-36(32)47-42(38)45-41(44-40)26-13-4-3-5-14-26/h3-25H,1-2H3. The Hall–Kier alpha value is -5.58. The normalized spacial score (nSPS) is 13.5. The van der Waals surface area contributed by atoms with Gasteiger partial charge in [-0.15, -0.1) is 11.3 Å². The van der Waals surface area contributed by atoms with Crippen molar-refractivity contribution in [1.29, 1.82) is 0 Å². The van der Waals surface area contributed by atoms with Crippen LogP contribution < -0.4 is 0 Å². The molecule has 222 valence electrons. The fraction of sp³-hybridized carbons (Fsp3) is 0.0698. The maximum absolute atomic E-state index is 5.29. The molecule has 0 unspecified atom stereocenters. The van der Waals surface area contributed by atoms with Gasteiger partial charge in [0.1, 0.15) is 4.83 Å². The Morgan fingerprint density at radius 1 is 0.574 bits per heavy atom. The number of thiophene rings is 1. The highest BCUT2D eigenvalue weighted by molar-refractivity contribution is 7.25. The molecule has 3 nitrogen and oxygen atoms in total. The second-order valence-corrected chi connectivity index (χ2v) is 14.0. The lowest BCUT2D eigenvalue weighted by Gasteiger charge is -2.22. The van der Waals surface area contributed by atoms with E-state index in [9.17, 15) is 0 Å². The molecule has 0 bridgehead atoms. The van der Waals surface area contributed by atoms with Gasteiger partial charge in [-0.25, -0.2) is 9.97 Å². The van der Waals surface area contributed by atoms with Gasteiger partial charge in [0.05, 0.1) is 16.7 Å². The van der Waals surface area contributed by atoms with Crippen molar-refractivity contribution in [2.75, 3.05) is 0 Å². The van der Waals surface area contributed by atoms with E-state index in [1.807, 2.05) is 18.2 Å². The zero-order valence-electron chi connectivity index (χ0n) is 26.0. The Kier molecular flexibility index (Phi) is 5.50. The van der Waals surface area contributed by atoms with Gasteiger partial charge in [-0.1, -0.05) is 123 Å². The summed E-state index contributed by atoms with van der Waals surface area (Å²) in [6.45, 7) is 4.75. The first-order chi connectivity index (χ1) is 23.1. The van der Waals surface area contributed by atoms with Gasteiger partial charge in [0.25, 0.3) is 0 Å². The van der Waals surface area contributed by atoms with Gasteiger partial charge in [-0.3, -0.25) is 0 Å². The summed E-state index contributed by atoms with van der Waals surface area (Å²) >= 11 is 1.73. The van der Waals surface area contributed by atoms with E-state index in [4.69, 9.17) is 9.97 Å². The third-order valence-corrected chi connectivity index (χ3v) is 11.1. The molecule has 9 aromatic rings. The average molecular weight is 620 g/mol. The number of fused-ring (bicyclic) bond motifs is 10. The second kappa shape index (κ2) is 9.71. The predicted octanol–water partition coefficient (Wildman–Crippen LogP) is 11.6. The molecule has 10 rings (SSSR count). The first-order valence-electron chi connectivity index (χ1n) is 16.1. The molecular weight excluding hydrogens is 591 g/mol. The molecule has 0 radical (unpaired) electrons. The lowest BCUT2D eigenvalue weighted by molar-refractivity contribution is 0.666. The zero-order chi connectivity index (χ0) is 31.3. The topological polar surface area (TPSA) is 30.7 Å². The van der Waals surface area contributed by atoms with E-state index in [0.29, 0.717) is 0 Å². The fourth-order valence-corrected chi connectivity index (χ4v) is 9.03. The number of aromatic nitrogens is 3. The van der Waals surface area contributed by atoms with Gasteiger partial charge in [0.2, 0.25) is 0 Å². The van der Waals surface area contributed by atoms with E-state index in [-0.39, 0.29) is 5.41 Å². The summed E-state index contributed by atoms with van der Waals surface area (Å²) in [6, 6.07) is 50.2. The first-order valence-corrected chi connectivity index (χ1v) is 16.9. The van der Waals surface area contributed by atoms with Crippen LogP contribution in [-0.2, 0) is 5.41 Å². The Morgan fingerprint density at radius 2 is 1.32 bits per heavy atom. The summed E-state index contributed by atoms with van der Waals surface area (Å²) in [6.07, 6.45) is 0. The molecule has 3 aromatic heterocycles. The maximum Gasteiger partial charge on any atom is 0.161 e. The number of hydrogen-bond donors (Lipinski definition) is 0. The second-order valence-electron chi connectivity index (χ2n) is 13.0. The van der Waals surface area contributed by atoms with Crippen molar-refractivity contribution in [1.82, 2.24) is 14.5 Å². The van der Waals surface area contributed by atoms with Crippen LogP contribution in [0.1, 0.15) is 25.0 Å². The highest BCUT2D eigenvalue weighted by atomic mass is 32.1. The van der Waals surface area contributed by atoms with Gasteiger partial charge >= 0.3 is 0 Å². The number of para-hydroxylation sites is 1. The lowest BCUT2D eigenvalue weighted by Crippen LogP contribution is -2.15. The molecule has 4 heteroatoms. The summed E-state index contributed by atoms with van der Waals surface area (Å²) in [5, 5.41) is 4.93. The Morgan fingerprint density at radius 3 is 2.21 bits per heavy atom. The summed E-state index contributed by atoms with van der Waals surface area (Å²) < 4.78 is 3.66. The molecule has 0 aliphatic heterocycles. The van der Waals surface area contributed by atoms with Crippen LogP contribution in [0.5, 0.6) is 0 Å². The van der Waals surface area contributed by atoms with Crippen LogP contribution in [0.15, 0.2) is 140 Å². The third kappa shape index (κ3) is 3.73. The largest absolute Gasteiger partial charge is 0.309 e. The summed E-state index contributed by atoms with van der Waals surface area (Å²) in [4.78, 5) is 11.4. The maximum atomic E-state index is 5.29. The van der Waals surface area contributed by atoms with E-state index in [1.165, 1.54) is 54.1 Å².